The number of rotatable bonds is 6. The molecule has 2 aromatic rings. The molecular weight excluding hydrogens is 276 g/mol. The predicted octanol–water partition coefficient (Wildman–Crippen LogP) is 0.589. The first-order valence-electron chi connectivity index (χ1n) is 6.24. The number of benzene rings is 1. The number of nitrogens with zero attached hydrogens (tertiary/aromatic N) is 4. The Morgan fingerprint density at radius 3 is 2.95 bits per heavy atom. The van der Waals surface area contributed by atoms with E-state index >= 15 is 0 Å². The van der Waals surface area contributed by atoms with Gasteiger partial charge in [-0.1, -0.05) is 5.21 Å². The molecular formula is C12H14N6O3. The van der Waals surface area contributed by atoms with Gasteiger partial charge in [0.15, 0.2) is 0 Å². The first kappa shape index (κ1) is 14.4. The lowest BCUT2D eigenvalue weighted by Gasteiger charge is -2.06. The van der Waals surface area contributed by atoms with Gasteiger partial charge in [0.25, 0.3) is 11.6 Å². The van der Waals surface area contributed by atoms with Crippen LogP contribution in [-0.2, 0) is 6.54 Å². The van der Waals surface area contributed by atoms with Crippen LogP contribution >= 0.6 is 0 Å². The first-order valence-corrected chi connectivity index (χ1v) is 6.24. The zero-order valence-corrected chi connectivity index (χ0v) is 11.1. The molecule has 1 aromatic heterocycles. The number of anilines is 1. The van der Waals surface area contributed by atoms with Gasteiger partial charge < -0.3 is 11.1 Å². The first-order chi connectivity index (χ1) is 10.1. The third-order valence-corrected chi connectivity index (χ3v) is 2.81. The fourth-order valence-corrected chi connectivity index (χ4v) is 1.74. The van der Waals surface area contributed by atoms with Crippen LogP contribution in [-0.4, -0.2) is 32.4 Å². The van der Waals surface area contributed by atoms with Crippen LogP contribution in [0.3, 0.4) is 0 Å². The Morgan fingerprint density at radius 2 is 2.29 bits per heavy atom. The van der Waals surface area contributed by atoms with Gasteiger partial charge in [-0.25, -0.2) is 0 Å². The third kappa shape index (κ3) is 3.75. The Labute approximate surface area is 119 Å². The highest BCUT2D eigenvalue weighted by Crippen LogP contribution is 2.22. The van der Waals surface area contributed by atoms with Gasteiger partial charge in [-0.3, -0.25) is 19.6 Å². The SMILES string of the molecule is Nc1ccc(C(=O)NCCCn2ccnn2)cc1[N+](=O)[O-]. The molecule has 0 saturated heterocycles. The van der Waals surface area contributed by atoms with E-state index in [9.17, 15) is 14.9 Å². The summed E-state index contributed by atoms with van der Waals surface area (Å²) >= 11 is 0. The van der Waals surface area contributed by atoms with E-state index < -0.39 is 4.92 Å². The van der Waals surface area contributed by atoms with Crippen molar-refractivity contribution < 1.29 is 9.72 Å². The Kier molecular flexibility index (Phi) is 4.44. The quantitative estimate of drug-likeness (QED) is 0.346. The van der Waals surface area contributed by atoms with Crippen LogP contribution in [0, 0.1) is 10.1 Å². The maximum absolute atomic E-state index is 11.9. The second-order valence-electron chi connectivity index (χ2n) is 4.31. The normalized spacial score (nSPS) is 10.3. The lowest BCUT2D eigenvalue weighted by molar-refractivity contribution is -0.383. The molecule has 1 amide bonds. The number of nitro benzene ring substituents is 1. The molecule has 9 nitrogen and oxygen atoms in total. The largest absolute Gasteiger partial charge is 0.393 e. The van der Waals surface area contributed by atoms with E-state index in [2.05, 4.69) is 15.6 Å². The molecule has 0 spiro atoms. The van der Waals surface area contributed by atoms with Crippen LogP contribution in [0.1, 0.15) is 16.8 Å². The molecule has 3 N–H and O–H groups in total. The van der Waals surface area contributed by atoms with Crippen LogP contribution in [0.15, 0.2) is 30.6 Å². The van der Waals surface area contributed by atoms with E-state index in [-0.39, 0.29) is 22.8 Å². The molecule has 0 aliphatic carbocycles. The summed E-state index contributed by atoms with van der Waals surface area (Å²) in [6.07, 6.45) is 3.98. The molecule has 0 aliphatic rings. The van der Waals surface area contributed by atoms with Gasteiger partial charge >= 0.3 is 0 Å². The summed E-state index contributed by atoms with van der Waals surface area (Å²) in [5, 5.41) is 20.9. The van der Waals surface area contributed by atoms with E-state index in [0.29, 0.717) is 19.5 Å². The number of amides is 1. The standard InChI is InChI=1S/C12H14N6O3/c13-10-3-2-9(8-11(10)18(20)21)12(19)14-4-1-6-17-7-5-15-16-17/h2-3,5,7-8H,1,4,6,13H2,(H,14,19). The number of nitro groups is 1. The predicted molar refractivity (Wildman–Crippen MR) is 74.5 cm³/mol. The number of aryl methyl sites for hydroxylation is 1. The number of carbonyl (C=O) groups is 1. The Hall–Kier alpha value is -2.97. The molecule has 0 radical (unpaired) electrons. The molecule has 1 heterocycles. The number of hydrogen-bond donors (Lipinski definition) is 2. The molecule has 0 saturated carbocycles. The van der Waals surface area contributed by atoms with Gasteiger partial charge in [-0.15, -0.1) is 5.10 Å². The van der Waals surface area contributed by atoms with Crippen molar-refractivity contribution in [2.45, 2.75) is 13.0 Å². The van der Waals surface area contributed by atoms with Crippen LogP contribution in [0.4, 0.5) is 11.4 Å². The molecule has 0 atom stereocenters. The maximum Gasteiger partial charge on any atom is 0.292 e. The summed E-state index contributed by atoms with van der Waals surface area (Å²) in [7, 11) is 0. The zero-order valence-electron chi connectivity index (χ0n) is 11.1. The van der Waals surface area contributed by atoms with Crippen LogP contribution < -0.4 is 11.1 Å². The minimum absolute atomic E-state index is 0.0303. The number of nitrogens with one attached hydrogen (secondary N) is 1. The average Bonchev–Trinajstić information content (AvgIpc) is 2.96. The summed E-state index contributed by atoms with van der Waals surface area (Å²) < 4.78 is 1.65. The second kappa shape index (κ2) is 6.46. The molecule has 0 aliphatic heterocycles. The minimum atomic E-state index is -0.614. The molecule has 0 bridgehead atoms. The topological polar surface area (TPSA) is 129 Å². The van der Waals surface area contributed by atoms with Crippen molar-refractivity contribution in [3.8, 4) is 0 Å². The molecule has 9 heteroatoms. The van der Waals surface area contributed by atoms with Crippen molar-refractivity contribution in [2.24, 2.45) is 0 Å². The van der Waals surface area contributed by atoms with Crippen molar-refractivity contribution >= 4 is 17.3 Å². The van der Waals surface area contributed by atoms with Gasteiger partial charge in [-0.05, 0) is 18.6 Å². The van der Waals surface area contributed by atoms with Gasteiger partial charge in [-0.2, -0.15) is 0 Å². The summed E-state index contributed by atoms with van der Waals surface area (Å²) in [5.74, 6) is -0.378. The second-order valence-corrected chi connectivity index (χ2v) is 4.31. The van der Waals surface area contributed by atoms with E-state index in [4.69, 9.17) is 5.73 Å². The van der Waals surface area contributed by atoms with Crippen molar-refractivity contribution in [3.63, 3.8) is 0 Å². The fraction of sp³-hybridized carbons (Fsp3) is 0.250. The summed E-state index contributed by atoms with van der Waals surface area (Å²) in [4.78, 5) is 22.0. The van der Waals surface area contributed by atoms with Crippen LogP contribution in [0.2, 0.25) is 0 Å². The minimum Gasteiger partial charge on any atom is -0.393 e. The number of hydrogen-bond acceptors (Lipinski definition) is 6. The van der Waals surface area contributed by atoms with E-state index in [1.807, 2.05) is 0 Å². The van der Waals surface area contributed by atoms with Crippen LogP contribution in [0.25, 0.3) is 0 Å². The smallest absolute Gasteiger partial charge is 0.292 e. The number of nitrogen functional groups attached to an aromatic ring is 1. The summed E-state index contributed by atoms with van der Waals surface area (Å²) in [5.41, 5.74) is 5.44. The average molecular weight is 290 g/mol. The van der Waals surface area contributed by atoms with Crippen molar-refractivity contribution in [3.05, 3.63) is 46.3 Å². The number of nitrogens with two attached hydrogens (primary N) is 1. The fourth-order valence-electron chi connectivity index (χ4n) is 1.74. The van der Waals surface area contributed by atoms with Gasteiger partial charge in [0.2, 0.25) is 0 Å². The number of carbonyl (C=O) groups excluding carboxylic acids is 1. The highest BCUT2D eigenvalue weighted by Gasteiger charge is 2.15. The Morgan fingerprint density at radius 1 is 1.48 bits per heavy atom. The zero-order chi connectivity index (χ0) is 15.2. The summed E-state index contributed by atoms with van der Waals surface area (Å²) in [6.45, 7) is 1.05. The molecule has 0 unspecified atom stereocenters. The lowest BCUT2D eigenvalue weighted by atomic mass is 10.1. The van der Waals surface area contributed by atoms with Crippen molar-refractivity contribution in [1.82, 2.24) is 20.3 Å². The Balaban J connectivity index is 1.88. The van der Waals surface area contributed by atoms with Crippen LogP contribution in [0.5, 0.6) is 0 Å². The van der Waals surface area contributed by atoms with E-state index in [0.717, 1.165) is 0 Å². The van der Waals surface area contributed by atoms with E-state index in [1.165, 1.54) is 18.2 Å². The molecule has 110 valence electrons. The molecule has 1 aromatic carbocycles. The lowest BCUT2D eigenvalue weighted by Crippen LogP contribution is -2.25. The highest BCUT2D eigenvalue weighted by molar-refractivity contribution is 5.95. The van der Waals surface area contributed by atoms with Crippen molar-refractivity contribution in [1.29, 1.82) is 0 Å². The number of aromatic nitrogens is 3. The van der Waals surface area contributed by atoms with Gasteiger partial charge in [0.05, 0.1) is 11.1 Å². The summed E-state index contributed by atoms with van der Waals surface area (Å²) in [6, 6.07) is 3.97. The van der Waals surface area contributed by atoms with Gasteiger partial charge in [0.1, 0.15) is 5.69 Å². The maximum atomic E-state index is 11.9. The third-order valence-electron chi connectivity index (χ3n) is 2.81. The monoisotopic (exact) mass is 290 g/mol. The molecule has 0 fully saturated rings. The molecule has 21 heavy (non-hydrogen) atoms. The van der Waals surface area contributed by atoms with Gasteiger partial charge in [0, 0.05) is 30.9 Å². The highest BCUT2D eigenvalue weighted by atomic mass is 16.6. The van der Waals surface area contributed by atoms with E-state index in [1.54, 1.807) is 17.1 Å². The van der Waals surface area contributed by atoms with Crippen molar-refractivity contribution in [2.75, 3.05) is 12.3 Å². The Bertz CT molecular complexity index is 640. The molecule has 2 rings (SSSR count).